The molecule has 1 heterocycles. The Morgan fingerprint density at radius 2 is 2.07 bits per heavy atom. The van der Waals surface area contributed by atoms with Gasteiger partial charge in [-0.25, -0.2) is 4.68 Å². The van der Waals surface area contributed by atoms with Crippen LogP contribution in [0, 0.1) is 0 Å². The van der Waals surface area contributed by atoms with Crippen molar-refractivity contribution >= 4 is 11.6 Å². The van der Waals surface area contributed by atoms with Gasteiger partial charge < -0.3 is 16.6 Å². The fourth-order valence-electron chi connectivity index (χ4n) is 2.07. The molecule has 2 unspecified atom stereocenters. The highest BCUT2D eigenvalue weighted by Gasteiger charge is 2.26. The Kier molecular flexibility index (Phi) is 2.33. The minimum absolute atomic E-state index is 0.000972. The molecule has 14 heavy (non-hydrogen) atoms. The van der Waals surface area contributed by atoms with Crippen LogP contribution in [0.5, 0.6) is 0 Å². The number of nitrogen functional groups attached to an aromatic ring is 2. The number of aliphatic hydroxyl groups is 1. The van der Waals surface area contributed by atoms with Crippen LogP contribution in [-0.2, 0) is 0 Å². The van der Waals surface area contributed by atoms with Crippen LogP contribution >= 0.6 is 0 Å². The minimum Gasteiger partial charge on any atom is -0.391 e. The standard InChI is InChI=1S/C9H16N4O/c10-8-5-9(11)13(12-8)6-3-1-2-4-7(6)14/h5-7,14H,1-4,11H2,(H2,10,12). The molecule has 5 heteroatoms. The number of aliphatic hydroxyl groups excluding tert-OH is 1. The lowest BCUT2D eigenvalue weighted by atomic mass is 9.93. The van der Waals surface area contributed by atoms with Gasteiger partial charge in [0.05, 0.1) is 12.1 Å². The topological polar surface area (TPSA) is 90.1 Å². The lowest BCUT2D eigenvalue weighted by Gasteiger charge is -2.28. The van der Waals surface area contributed by atoms with Crippen molar-refractivity contribution in [3.05, 3.63) is 6.07 Å². The first-order chi connectivity index (χ1) is 6.68. The van der Waals surface area contributed by atoms with Crippen LogP contribution < -0.4 is 11.5 Å². The van der Waals surface area contributed by atoms with E-state index in [1.54, 1.807) is 10.7 Å². The molecule has 1 aromatic heterocycles. The molecule has 1 aliphatic carbocycles. The lowest BCUT2D eigenvalue weighted by Crippen LogP contribution is -2.29. The van der Waals surface area contributed by atoms with Gasteiger partial charge in [0.15, 0.2) is 0 Å². The summed E-state index contributed by atoms with van der Waals surface area (Å²) in [6, 6.07) is 1.63. The Hall–Kier alpha value is -1.23. The zero-order valence-corrected chi connectivity index (χ0v) is 8.06. The molecule has 5 N–H and O–H groups in total. The molecule has 0 bridgehead atoms. The van der Waals surface area contributed by atoms with Gasteiger partial charge in [-0.2, -0.15) is 5.10 Å². The van der Waals surface area contributed by atoms with Crippen molar-refractivity contribution in [2.45, 2.75) is 37.8 Å². The van der Waals surface area contributed by atoms with E-state index in [0.29, 0.717) is 11.6 Å². The molecule has 78 valence electrons. The maximum Gasteiger partial charge on any atom is 0.147 e. The molecule has 0 spiro atoms. The van der Waals surface area contributed by atoms with Gasteiger partial charge in [-0.05, 0) is 12.8 Å². The summed E-state index contributed by atoms with van der Waals surface area (Å²) in [5.41, 5.74) is 11.3. The first kappa shape index (κ1) is 9.33. The molecule has 1 aromatic rings. The number of hydrogen-bond acceptors (Lipinski definition) is 4. The first-order valence-corrected chi connectivity index (χ1v) is 4.97. The minimum atomic E-state index is -0.342. The van der Waals surface area contributed by atoms with Crippen molar-refractivity contribution in [2.75, 3.05) is 11.5 Å². The summed E-state index contributed by atoms with van der Waals surface area (Å²) in [6.45, 7) is 0. The van der Waals surface area contributed by atoms with Crippen molar-refractivity contribution in [1.29, 1.82) is 0 Å². The predicted molar refractivity (Wildman–Crippen MR) is 54.6 cm³/mol. The van der Waals surface area contributed by atoms with Gasteiger partial charge in [0, 0.05) is 6.07 Å². The van der Waals surface area contributed by atoms with Gasteiger partial charge in [0.1, 0.15) is 11.6 Å². The summed E-state index contributed by atoms with van der Waals surface area (Å²) < 4.78 is 1.65. The second-order valence-corrected chi connectivity index (χ2v) is 3.86. The smallest absolute Gasteiger partial charge is 0.147 e. The van der Waals surface area contributed by atoms with E-state index in [1.165, 1.54) is 0 Å². The summed E-state index contributed by atoms with van der Waals surface area (Å²) >= 11 is 0. The lowest BCUT2D eigenvalue weighted by molar-refractivity contribution is 0.0707. The molecular formula is C9H16N4O. The monoisotopic (exact) mass is 196 g/mol. The number of nitrogens with two attached hydrogens (primary N) is 2. The average molecular weight is 196 g/mol. The first-order valence-electron chi connectivity index (χ1n) is 4.97. The van der Waals surface area contributed by atoms with Gasteiger partial charge >= 0.3 is 0 Å². The van der Waals surface area contributed by atoms with Crippen molar-refractivity contribution in [3.8, 4) is 0 Å². The Labute approximate surface area is 82.7 Å². The van der Waals surface area contributed by atoms with Gasteiger partial charge in [-0.3, -0.25) is 0 Å². The van der Waals surface area contributed by atoms with Crippen molar-refractivity contribution < 1.29 is 5.11 Å². The summed E-state index contributed by atoms with van der Waals surface area (Å²) in [5, 5.41) is 13.9. The Bertz CT molecular complexity index is 323. The van der Waals surface area contributed by atoms with E-state index in [-0.39, 0.29) is 12.1 Å². The largest absolute Gasteiger partial charge is 0.391 e. The summed E-state index contributed by atoms with van der Waals surface area (Å²) in [4.78, 5) is 0. The Morgan fingerprint density at radius 3 is 2.64 bits per heavy atom. The number of aromatic nitrogens is 2. The van der Waals surface area contributed by atoms with Gasteiger partial charge in [-0.15, -0.1) is 0 Å². The van der Waals surface area contributed by atoms with E-state index < -0.39 is 0 Å². The van der Waals surface area contributed by atoms with E-state index in [1.807, 2.05) is 0 Å². The van der Waals surface area contributed by atoms with Crippen molar-refractivity contribution in [3.63, 3.8) is 0 Å². The van der Waals surface area contributed by atoms with E-state index in [4.69, 9.17) is 11.5 Å². The second kappa shape index (κ2) is 3.49. The molecule has 1 aliphatic rings. The third-order valence-electron chi connectivity index (χ3n) is 2.79. The van der Waals surface area contributed by atoms with E-state index in [9.17, 15) is 5.11 Å². The van der Waals surface area contributed by atoms with Crippen LogP contribution in [0.25, 0.3) is 0 Å². The van der Waals surface area contributed by atoms with Crippen LogP contribution in [0.15, 0.2) is 6.07 Å². The fourth-order valence-corrected chi connectivity index (χ4v) is 2.07. The van der Waals surface area contributed by atoms with Gasteiger partial charge in [0.2, 0.25) is 0 Å². The van der Waals surface area contributed by atoms with Gasteiger partial charge in [-0.1, -0.05) is 12.8 Å². The Balaban J connectivity index is 2.24. The zero-order valence-electron chi connectivity index (χ0n) is 8.06. The fraction of sp³-hybridized carbons (Fsp3) is 0.667. The molecule has 0 saturated heterocycles. The number of hydrogen-bond donors (Lipinski definition) is 3. The van der Waals surface area contributed by atoms with Gasteiger partial charge in [0.25, 0.3) is 0 Å². The molecule has 0 radical (unpaired) electrons. The summed E-state index contributed by atoms with van der Waals surface area (Å²) in [7, 11) is 0. The quantitative estimate of drug-likeness (QED) is 0.611. The second-order valence-electron chi connectivity index (χ2n) is 3.86. The van der Waals surface area contributed by atoms with Crippen molar-refractivity contribution in [2.24, 2.45) is 0 Å². The highest BCUT2D eigenvalue weighted by molar-refractivity contribution is 5.42. The molecule has 1 saturated carbocycles. The zero-order chi connectivity index (χ0) is 10.1. The molecule has 0 amide bonds. The summed E-state index contributed by atoms with van der Waals surface area (Å²) in [5.74, 6) is 0.953. The van der Waals surface area contributed by atoms with Crippen LogP contribution in [-0.4, -0.2) is 21.0 Å². The maximum absolute atomic E-state index is 9.80. The maximum atomic E-state index is 9.80. The number of anilines is 2. The molecule has 0 aromatic carbocycles. The molecule has 5 nitrogen and oxygen atoms in total. The Morgan fingerprint density at radius 1 is 1.36 bits per heavy atom. The van der Waals surface area contributed by atoms with Crippen LogP contribution in [0.1, 0.15) is 31.7 Å². The molecule has 2 atom stereocenters. The van der Waals surface area contributed by atoms with Crippen LogP contribution in [0.2, 0.25) is 0 Å². The highest BCUT2D eigenvalue weighted by atomic mass is 16.3. The van der Waals surface area contributed by atoms with Crippen molar-refractivity contribution in [1.82, 2.24) is 9.78 Å². The normalized spacial score (nSPS) is 27.8. The third kappa shape index (κ3) is 1.55. The van der Waals surface area contributed by atoms with E-state index >= 15 is 0 Å². The van der Waals surface area contributed by atoms with E-state index in [0.717, 1.165) is 25.7 Å². The molecular weight excluding hydrogens is 180 g/mol. The third-order valence-corrected chi connectivity index (χ3v) is 2.79. The summed E-state index contributed by atoms with van der Waals surface area (Å²) in [6.07, 6.45) is 3.59. The SMILES string of the molecule is Nc1cc(N)n(C2CCCCC2O)n1. The molecule has 2 rings (SSSR count). The van der Waals surface area contributed by atoms with Crippen LogP contribution in [0.3, 0.4) is 0 Å². The average Bonchev–Trinajstić information content (AvgIpc) is 2.46. The number of rotatable bonds is 1. The predicted octanol–water partition coefficient (Wildman–Crippen LogP) is 0.523. The molecule has 1 fully saturated rings. The highest BCUT2D eigenvalue weighted by Crippen LogP contribution is 2.30. The molecule has 0 aliphatic heterocycles. The number of nitrogens with zero attached hydrogens (tertiary/aromatic N) is 2. The van der Waals surface area contributed by atoms with E-state index in [2.05, 4.69) is 5.10 Å². The van der Waals surface area contributed by atoms with Crippen LogP contribution in [0.4, 0.5) is 11.6 Å².